The van der Waals surface area contributed by atoms with Gasteiger partial charge in [0, 0.05) is 28.9 Å². The van der Waals surface area contributed by atoms with Crippen LogP contribution in [0.3, 0.4) is 0 Å². The molecule has 0 saturated heterocycles. The number of rotatable bonds is 6. The summed E-state index contributed by atoms with van der Waals surface area (Å²) in [5.74, 6) is 1.12. The molecule has 0 aromatic carbocycles. The van der Waals surface area contributed by atoms with E-state index >= 15 is 0 Å². The third-order valence-corrected chi connectivity index (χ3v) is 8.22. The normalized spacial score (nSPS) is 13.3. The van der Waals surface area contributed by atoms with E-state index in [0.717, 1.165) is 46.6 Å². The summed E-state index contributed by atoms with van der Waals surface area (Å²) in [4.78, 5) is 32.8. The largest absolute Gasteiger partial charge is 0.467 e. The number of thioether (sulfide) groups is 1. The maximum Gasteiger partial charge on any atom is 0.262 e. The Hall–Kier alpha value is -2.58. The van der Waals surface area contributed by atoms with Gasteiger partial charge in [0.15, 0.2) is 10.9 Å². The Morgan fingerprint density at radius 2 is 2.16 bits per heavy atom. The van der Waals surface area contributed by atoms with E-state index in [4.69, 9.17) is 9.40 Å². The number of Topliss-reactive ketones (excluding diaryl/α,β-unsaturated/α-hetero) is 1. The van der Waals surface area contributed by atoms with Crippen LogP contribution in [0.2, 0.25) is 0 Å². The minimum absolute atomic E-state index is 0.00373. The third-order valence-electron chi connectivity index (χ3n) is 6.01. The first kappa shape index (κ1) is 20.3. The van der Waals surface area contributed by atoms with Gasteiger partial charge in [0.05, 0.1) is 23.9 Å². The highest BCUT2D eigenvalue weighted by Crippen LogP contribution is 2.35. The summed E-state index contributed by atoms with van der Waals surface area (Å²) in [5.41, 5.74) is 3.83. The Morgan fingerprint density at radius 3 is 2.94 bits per heavy atom. The van der Waals surface area contributed by atoms with E-state index in [0.29, 0.717) is 17.3 Å². The molecule has 0 N–H and O–H groups in total. The van der Waals surface area contributed by atoms with Gasteiger partial charge in [0.1, 0.15) is 10.6 Å². The minimum atomic E-state index is -0.00373. The zero-order chi connectivity index (χ0) is 21.7. The molecule has 6 nitrogen and oxygen atoms in total. The van der Waals surface area contributed by atoms with Crippen molar-refractivity contribution in [2.24, 2.45) is 7.05 Å². The van der Waals surface area contributed by atoms with E-state index in [9.17, 15) is 9.59 Å². The second-order valence-corrected chi connectivity index (χ2v) is 9.98. The number of nitrogens with zero attached hydrogens (tertiary/aromatic N) is 3. The molecule has 0 saturated carbocycles. The molecule has 0 aliphatic heterocycles. The molecule has 31 heavy (non-hydrogen) atoms. The monoisotopic (exact) mass is 453 g/mol. The number of aromatic nitrogens is 3. The topological polar surface area (TPSA) is 70.0 Å². The average molecular weight is 454 g/mol. The number of aryl methyl sites for hydroxylation is 3. The van der Waals surface area contributed by atoms with Crippen molar-refractivity contribution in [3.63, 3.8) is 0 Å². The molecule has 0 atom stereocenters. The molecule has 0 spiro atoms. The van der Waals surface area contributed by atoms with E-state index in [1.807, 2.05) is 32.0 Å². The van der Waals surface area contributed by atoms with Gasteiger partial charge < -0.3 is 8.98 Å². The molecule has 4 aromatic heterocycles. The van der Waals surface area contributed by atoms with Crippen molar-refractivity contribution in [3.05, 3.63) is 68.0 Å². The van der Waals surface area contributed by atoms with Crippen molar-refractivity contribution >= 4 is 39.1 Å². The summed E-state index contributed by atoms with van der Waals surface area (Å²) < 4.78 is 9.13. The van der Waals surface area contributed by atoms with E-state index in [-0.39, 0.29) is 17.1 Å². The zero-order valence-corrected chi connectivity index (χ0v) is 19.4. The molecule has 160 valence electrons. The van der Waals surface area contributed by atoms with Crippen LogP contribution in [0.1, 0.15) is 44.4 Å². The van der Waals surface area contributed by atoms with Crippen molar-refractivity contribution in [2.75, 3.05) is 5.75 Å². The van der Waals surface area contributed by atoms with Gasteiger partial charge in [-0.05, 0) is 56.9 Å². The smallest absolute Gasteiger partial charge is 0.262 e. The van der Waals surface area contributed by atoms with E-state index in [1.54, 1.807) is 29.2 Å². The number of furan rings is 1. The van der Waals surface area contributed by atoms with Crippen molar-refractivity contribution in [1.29, 1.82) is 0 Å². The first-order chi connectivity index (χ1) is 14.9. The van der Waals surface area contributed by atoms with Gasteiger partial charge in [-0.2, -0.15) is 0 Å². The highest BCUT2D eigenvalue weighted by atomic mass is 32.2. The van der Waals surface area contributed by atoms with E-state index < -0.39 is 0 Å². The van der Waals surface area contributed by atoms with Crippen molar-refractivity contribution in [2.45, 2.75) is 44.8 Å². The maximum atomic E-state index is 13.0. The third kappa shape index (κ3) is 3.47. The molecular formula is C23H23N3O3S2. The van der Waals surface area contributed by atoms with Crippen LogP contribution in [0.25, 0.3) is 10.2 Å². The standard InChI is InChI=1S/C23H23N3O3S2/c1-13-10-17(14(2)26(13)11-15-6-5-9-29-15)18(27)12-30-23-24-21-20(22(28)25(23)3)16-7-4-8-19(16)31-21/h5-6,9-10H,4,7-8,11-12H2,1-3H3. The van der Waals surface area contributed by atoms with Crippen LogP contribution in [-0.4, -0.2) is 25.7 Å². The Balaban J connectivity index is 1.38. The summed E-state index contributed by atoms with van der Waals surface area (Å²) in [5, 5.41) is 1.37. The maximum absolute atomic E-state index is 13.0. The van der Waals surface area contributed by atoms with Gasteiger partial charge >= 0.3 is 0 Å². The molecule has 8 heteroatoms. The molecule has 1 aliphatic carbocycles. The molecule has 5 rings (SSSR count). The second kappa shape index (κ2) is 7.84. The Morgan fingerprint density at radius 1 is 1.32 bits per heavy atom. The van der Waals surface area contributed by atoms with Crippen LogP contribution in [0, 0.1) is 13.8 Å². The Kier molecular flexibility index (Phi) is 5.14. The quantitative estimate of drug-likeness (QED) is 0.244. The van der Waals surface area contributed by atoms with Crippen molar-refractivity contribution in [3.8, 4) is 0 Å². The molecule has 0 bridgehead atoms. The van der Waals surface area contributed by atoms with E-state index in [2.05, 4.69) is 4.57 Å². The summed E-state index contributed by atoms with van der Waals surface area (Å²) in [6, 6.07) is 5.72. The Bertz CT molecular complexity index is 1360. The number of carbonyl (C=O) groups is 1. The number of hydrogen-bond donors (Lipinski definition) is 0. The fourth-order valence-electron chi connectivity index (χ4n) is 4.33. The molecular weight excluding hydrogens is 430 g/mol. The zero-order valence-electron chi connectivity index (χ0n) is 17.7. The number of thiophene rings is 1. The van der Waals surface area contributed by atoms with Crippen LogP contribution in [0.15, 0.2) is 38.8 Å². The summed E-state index contributed by atoms with van der Waals surface area (Å²) in [6.45, 7) is 4.55. The molecule has 4 heterocycles. The molecule has 0 unspecified atom stereocenters. The fraction of sp³-hybridized carbons (Fsp3) is 0.348. The van der Waals surface area contributed by atoms with Gasteiger partial charge in [-0.1, -0.05) is 11.8 Å². The van der Waals surface area contributed by atoms with Crippen LogP contribution in [0.4, 0.5) is 0 Å². The second-order valence-electron chi connectivity index (χ2n) is 7.96. The van der Waals surface area contributed by atoms with Crippen LogP contribution >= 0.6 is 23.1 Å². The lowest BCUT2D eigenvalue weighted by molar-refractivity contribution is 0.102. The number of hydrogen-bond acceptors (Lipinski definition) is 6. The van der Waals surface area contributed by atoms with Gasteiger partial charge in [0.25, 0.3) is 5.56 Å². The first-order valence-corrected chi connectivity index (χ1v) is 12.1. The highest BCUT2D eigenvalue weighted by molar-refractivity contribution is 7.99. The van der Waals surface area contributed by atoms with Crippen LogP contribution in [0.5, 0.6) is 0 Å². The fourth-order valence-corrected chi connectivity index (χ4v) is 6.49. The van der Waals surface area contributed by atoms with Gasteiger partial charge in [-0.3, -0.25) is 14.2 Å². The van der Waals surface area contributed by atoms with Crippen molar-refractivity contribution < 1.29 is 9.21 Å². The van der Waals surface area contributed by atoms with Crippen LogP contribution in [-0.2, 0) is 26.4 Å². The van der Waals surface area contributed by atoms with Gasteiger partial charge in [-0.25, -0.2) is 4.98 Å². The summed E-state index contributed by atoms with van der Waals surface area (Å²) >= 11 is 2.96. The highest BCUT2D eigenvalue weighted by Gasteiger charge is 2.23. The summed E-state index contributed by atoms with van der Waals surface area (Å²) in [7, 11) is 1.75. The number of fused-ring (bicyclic) bond motifs is 3. The molecule has 4 aromatic rings. The predicted molar refractivity (Wildman–Crippen MR) is 124 cm³/mol. The molecule has 0 amide bonds. The van der Waals surface area contributed by atoms with Crippen LogP contribution < -0.4 is 5.56 Å². The minimum Gasteiger partial charge on any atom is -0.467 e. The lowest BCUT2D eigenvalue weighted by Gasteiger charge is -2.09. The number of ketones is 1. The van der Waals surface area contributed by atoms with Gasteiger partial charge in [-0.15, -0.1) is 11.3 Å². The van der Waals surface area contributed by atoms with E-state index in [1.165, 1.54) is 22.2 Å². The number of carbonyl (C=O) groups excluding carboxylic acids is 1. The lowest BCUT2D eigenvalue weighted by Crippen LogP contribution is -2.20. The SMILES string of the molecule is Cc1cc(C(=O)CSc2nc3sc4c(c3c(=O)n2C)CCC4)c(C)n1Cc1ccco1. The molecule has 0 radical (unpaired) electrons. The predicted octanol–water partition coefficient (Wildman–Crippen LogP) is 4.52. The molecule has 0 fully saturated rings. The Labute approximate surface area is 187 Å². The molecule has 1 aliphatic rings. The summed E-state index contributed by atoms with van der Waals surface area (Å²) in [6.07, 6.45) is 4.77. The van der Waals surface area contributed by atoms with Crippen molar-refractivity contribution in [1.82, 2.24) is 14.1 Å². The van der Waals surface area contributed by atoms with Gasteiger partial charge in [0.2, 0.25) is 0 Å². The average Bonchev–Trinajstić information content (AvgIpc) is 3.51. The lowest BCUT2D eigenvalue weighted by atomic mass is 10.2. The first-order valence-electron chi connectivity index (χ1n) is 10.3.